The molecule has 0 atom stereocenters. The Morgan fingerprint density at radius 2 is 1.40 bits per heavy atom. The van der Waals surface area contributed by atoms with Gasteiger partial charge in [-0.2, -0.15) is 0 Å². The normalized spacial score (nSPS) is 10.4. The lowest BCUT2D eigenvalue weighted by atomic mass is 9.99. The number of hydrogen-bond donors (Lipinski definition) is 1. The van der Waals surface area contributed by atoms with Gasteiger partial charge in [-0.25, -0.2) is 9.48 Å². The lowest BCUT2D eigenvalue weighted by Gasteiger charge is -2.09. The molecule has 148 valence electrons. The molecule has 0 saturated carbocycles. The van der Waals surface area contributed by atoms with E-state index in [0.717, 1.165) is 11.3 Å². The zero-order valence-electron chi connectivity index (χ0n) is 16.3. The van der Waals surface area contributed by atoms with Crippen LogP contribution in [0.15, 0.2) is 91.0 Å². The van der Waals surface area contributed by atoms with Crippen LogP contribution in [0.1, 0.15) is 15.9 Å². The molecule has 0 saturated heterocycles. The van der Waals surface area contributed by atoms with Gasteiger partial charge in [0.15, 0.2) is 0 Å². The smallest absolute Gasteiger partial charge is 0.389 e. The van der Waals surface area contributed by atoms with Crippen LogP contribution in [0.2, 0.25) is 0 Å². The fourth-order valence-corrected chi connectivity index (χ4v) is 3.17. The number of nitrogens with zero attached hydrogens (tertiary/aromatic N) is 2. The molecule has 0 aliphatic heterocycles. The predicted molar refractivity (Wildman–Crippen MR) is 114 cm³/mol. The van der Waals surface area contributed by atoms with Crippen LogP contribution in [0.3, 0.4) is 0 Å². The van der Waals surface area contributed by atoms with Crippen molar-refractivity contribution in [1.82, 2.24) is 15.1 Å². The highest BCUT2D eigenvalue weighted by Gasteiger charge is 2.29. The summed E-state index contributed by atoms with van der Waals surface area (Å²) in [5.41, 5.74) is 2.77. The lowest BCUT2D eigenvalue weighted by Crippen LogP contribution is -2.23. The average molecular weight is 397 g/mol. The third kappa shape index (κ3) is 3.71. The molecule has 4 aromatic rings. The standard InChI is InChI=1S/C24H19N3O3/c1-25-24(29)30-23-20(22(28)18-13-7-3-8-14-18)21(17-11-5-2-6-12-17)27(26-23)19-15-9-4-10-16-19/h2-16H,1H3,(H,25,29). The summed E-state index contributed by atoms with van der Waals surface area (Å²) >= 11 is 0. The van der Waals surface area contributed by atoms with E-state index < -0.39 is 6.09 Å². The van der Waals surface area contributed by atoms with E-state index in [1.807, 2.05) is 66.7 Å². The Hall–Kier alpha value is -4.19. The number of nitrogens with one attached hydrogen (secondary N) is 1. The molecule has 1 aromatic heterocycles. The van der Waals surface area contributed by atoms with Gasteiger partial charge < -0.3 is 10.1 Å². The first-order chi connectivity index (χ1) is 14.7. The van der Waals surface area contributed by atoms with Crippen LogP contribution in [-0.4, -0.2) is 28.7 Å². The third-order valence-corrected chi connectivity index (χ3v) is 4.56. The van der Waals surface area contributed by atoms with Crippen LogP contribution in [0.25, 0.3) is 16.9 Å². The second kappa shape index (κ2) is 8.45. The number of carbonyl (C=O) groups excluding carboxylic acids is 2. The van der Waals surface area contributed by atoms with Gasteiger partial charge in [0.25, 0.3) is 5.88 Å². The molecule has 6 nitrogen and oxygen atoms in total. The summed E-state index contributed by atoms with van der Waals surface area (Å²) in [6.45, 7) is 0. The van der Waals surface area contributed by atoms with Crippen molar-refractivity contribution in [3.8, 4) is 22.8 Å². The minimum absolute atomic E-state index is 0.0501. The molecule has 0 spiro atoms. The number of carbonyl (C=O) groups is 2. The first-order valence-corrected chi connectivity index (χ1v) is 9.42. The van der Waals surface area contributed by atoms with Crippen molar-refractivity contribution in [2.24, 2.45) is 0 Å². The summed E-state index contributed by atoms with van der Waals surface area (Å²) in [5.74, 6) is -0.332. The Kier molecular flexibility index (Phi) is 5.39. The summed E-state index contributed by atoms with van der Waals surface area (Å²) in [6.07, 6.45) is -0.700. The highest BCUT2D eigenvalue weighted by Crippen LogP contribution is 2.35. The minimum atomic E-state index is -0.700. The van der Waals surface area contributed by atoms with E-state index >= 15 is 0 Å². The quantitative estimate of drug-likeness (QED) is 0.504. The number of para-hydroxylation sites is 1. The highest BCUT2D eigenvalue weighted by molar-refractivity contribution is 6.14. The number of ketones is 1. The topological polar surface area (TPSA) is 73.2 Å². The van der Waals surface area contributed by atoms with Crippen molar-refractivity contribution in [2.45, 2.75) is 0 Å². The monoisotopic (exact) mass is 397 g/mol. The number of ether oxygens (including phenoxy) is 1. The Bertz CT molecular complexity index is 1170. The fraction of sp³-hybridized carbons (Fsp3) is 0.0417. The van der Waals surface area contributed by atoms with Gasteiger partial charge >= 0.3 is 6.09 Å². The van der Waals surface area contributed by atoms with Crippen LogP contribution < -0.4 is 10.1 Å². The second-order valence-corrected chi connectivity index (χ2v) is 6.48. The van der Waals surface area contributed by atoms with Crippen molar-refractivity contribution in [3.05, 3.63) is 102 Å². The van der Waals surface area contributed by atoms with Crippen molar-refractivity contribution in [3.63, 3.8) is 0 Å². The van der Waals surface area contributed by atoms with Gasteiger partial charge in [-0.1, -0.05) is 78.9 Å². The summed E-state index contributed by atoms with van der Waals surface area (Å²) in [7, 11) is 1.45. The van der Waals surface area contributed by atoms with Gasteiger partial charge in [-0.3, -0.25) is 4.79 Å². The first kappa shape index (κ1) is 19.1. The van der Waals surface area contributed by atoms with Crippen molar-refractivity contribution >= 4 is 11.9 Å². The molecule has 6 heteroatoms. The van der Waals surface area contributed by atoms with Gasteiger partial charge in [-0.05, 0) is 12.1 Å². The molecular formula is C24H19N3O3. The van der Waals surface area contributed by atoms with Gasteiger partial charge in [0.2, 0.25) is 5.78 Å². The summed E-state index contributed by atoms with van der Waals surface area (Å²) in [6, 6.07) is 27.7. The molecule has 4 rings (SSSR count). The number of hydrogen-bond acceptors (Lipinski definition) is 4. The van der Waals surface area contributed by atoms with E-state index in [2.05, 4.69) is 10.4 Å². The summed E-state index contributed by atoms with van der Waals surface area (Å²) in [5, 5.41) is 6.91. The van der Waals surface area contributed by atoms with Crippen LogP contribution in [0, 0.1) is 0 Å². The summed E-state index contributed by atoms with van der Waals surface area (Å²) < 4.78 is 7.03. The van der Waals surface area contributed by atoms with E-state index in [-0.39, 0.29) is 17.2 Å². The molecule has 0 radical (unpaired) electrons. The molecule has 30 heavy (non-hydrogen) atoms. The largest absolute Gasteiger partial charge is 0.413 e. The Balaban J connectivity index is 2.00. The molecule has 3 aromatic carbocycles. The second-order valence-electron chi connectivity index (χ2n) is 6.48. The molecule has 0 aliphatic carbocycles. The molecule has 1 heterocycles. The molecule has 0 bridgehead atoms. The van der Waals surface area contributed by atoms with Crippen LogP contribution in [-0.2, 0) is 0 Å². The fourth-order valence-electron chi connectivity index (χ4n) is 3.17. The number of rotatable bonds is 5. The Morgan fingerprint density at radius 1 is 0.833 bits per heavy atom. The third-order valence-electron chi connectivity index (χ3n) is 4.56. The van der Waals surface area contributed by atoms with Gasteiger partial charge in [0.1, 0.15) is 5.56 Å². The molecule has 0 aliphatic rings. The van der Waals surface area contributed by atoms with Crippen LogP contribution in [0.5, 0.6) is 5.88 Å². The zero-order chi connectivity index (χ0) is 20.9. The van der Waals surface area contributed by atoms with Gasteiger partial charge in [0.05, 0.1) is 11.4 Å². The average Bonchev–Trinajstić information content (AvgIpc) is 3.19. The van der Waals surface area contributed by atoms with E-state index in [1.165, 1.54) is 7.05 Å². The van der Waals surface area contributed by atoms with Gasteiger partial charge in [0, 0.05) is 18.2 Å². The van der Waals surface area contributed by atoms with Crippen LogP contribution >= 0.6 is 0 Å². The van der Waals surface area contributed by atoms with E-state index in [9.17, 15) is 9.59 Å². The zero-order valence-corrected chi connectivity index (χ0v) is 16.3. The Morgan fingerprint density at radius 3 is 2.00 bits per heavy atom. The number of aromatic nitrogens is 2. The summed E-state index contributed by atoms with van der Waals surface area (Å²) in [4.78, 5) is 25.5. The minimum Gasteiger partial charge on any atom is -0.389 e. The van der Waals surface area contributed by atoms with E-state index in [4.69, 9.17) is 4.74 Å². The van der Waals surface area contributed by atoms with Crippen molar-refractivity contribution in [1.29, 1.82) is 0 Å². The molecule has 1 amide bonds. The number of amides is 1. The SMILES string of the molecule is CNC(=O)Oc1nn(-c2ccccc2)c(-c2ccccc2)c1C(=O)c1ccccc1. The Labute approximate surface area is 173 Å². The molecule has 0 unspecified atom stereocenters. The first-order valence-electron chi connectivity index (χ1n) is 9.42. The van der Waals surface area contributed by atoms with Crippen LogP contribution in [0.4, 0.5) is 4.79 Å². The molecule has 0 fully saturated rings. The molecule has 1 N–H and O–H groups in total. The van der Waals surface area contributed by atoms with E-state index in [1.54, 1.807) is 28.9 Å². The van der Waals surface area contributed by atoms with E-state index in [0.29, 0.717) is 11.3 Å². The predicted octanol–water partition coefficient (Wildman–Crippen LogP) is 4.49. The maximum Gasteiger partial charge on any atom is 0.413 e. The molecular weight excluding hydrogens is 378 g/mol. The lowest BCUT2D eigenvalue weighted by molar-refractivity contribution is 0.103. The van der Waals surface area contributed by atoms with Crippen molar-refractivity contribution in [2.75, 3.05) is 7.05 Å². The van der Waals surface area contributed by atoms with Crippen molar-refractivity contribution < 1.29 is 14.3 Å². The van der Waals surface area contributed by atoms with Gasteiger partial charge in [-0.15, -0.1) is 5.10 Å². The number of benzene rings is 3. The highest BCUT2D eigenvalue weighted by atomic mass is 16.6. The maximum atomic E-state index is 13.5. The maximum absolute atomic E-state index is 13.5.